The average molecular weight is 462 g/mol. The van der Waals surface area contributed by atoms with Crippen LogP contribution in [0.15, 0.2) is 66.7 Å². The van der Waals surface area contributed by atoms with E-state index in [2.05, 4.69) is 51.9 Å². The number of carbonyl (C=O) groups is 2. The van der Waals surface area contributed by atoms with Crippen molar-refractivity contribution in [2.45, 2.75) is 19.4 Å². The standard InChI is InChI=1S/C25H23FN4O4/c26-22-10-7-20(15-23(22)30(33)34)28-25(32)24(31)27-13-11-17-5-8-21(9-6-17)29-14-12-18-3-1-2-4-19(18)16-29/h1-10,15H,11-14,16H2,(H,27,31)(H,28,32). The topological polar surface area (TPSA) is 105 Å². The number of carbonyl (C=O) groups excluding carboxylic acids is 2. The lowest BCUT2D eigenvalue weighted by Crippen LogP contribution is -2.36. The molecule has 1 heterocycles. The van der Waals surface area contributed by atoms with Crippen LogP contribution in [0, 0.1) is 15.9 Å². The third kappa shape index (κ3) is 5.37. The van der Waals surface area contributed by atoms with Crippen molar-refractivity contribution in [1.82, 2.24) is 5.32 Å². The first-order valence-electron chi connectivity index (χ1n) is 10.8. The molecule has 1 aliphatic heterocycles. The van der Waals surface area contributed by atoms with Crippen LogP contribution in [-0.2, 0) is 29.0 Å². The maximum Gasteiger partial charge on any atom is 0.313 e. The monoisotopic (exact) mass is 462 g/mol. The Morgan fingerprint density at radius 2 is 1.74 bits per heavy atom. The Labute approximate surface area is 195 Å². The van der Waals surface area contributed by atoms with Gasteiger partial charge in [0, 0.05) is 37.1 Å². The van der Waals surface area contributed by atoms with Gasteiger partial charge in [0.25, 0.3) is 0 Å². The predicted molar refractivity (Wildman–Crippen MR) is 126 cm³/mol. The molecule has 4 rings (SSSR count). The summed E-state index contributed by atoms with van der Waals surface area (Å²) in [5.74, 6) is -2.89. The smallest absolute Gasteiger partial charge is 0.313 e. The first-order valence-corrected chi connectivity index (χ1v) is 10.8. The van der Waals surface area contributed by atoms with Crippen molar-refractivity contribution in [1.29, 1.82) is 0 Å². The minimum absolute atomic E-state index is 0.0378. The minimum Gasteiger partial charge on any atom is -0.367 e. The van der Waals surface area contributed by atoms with Crippen molar-refractivity contribution in [2.75, 3.05) is 23.3 Å². The van der Waals surface area contributed by atoms with E-state index in [9.17, 15) is 24.1 Å². The molecule has 0 spiro atoms. The van der Waals surface area contributed by atoms with Gasteiger partial charge < -0.3 is 15.5 Å². The molecular formula is C25H23FN4O4. The van der Waals surface area contributed by atoms with Crippen LogP contribution in [-0.4, -0.2) is 29.8 Å². The van der Waals surface area contributed by atoms with E-state index in [1.165, 1.54) is 11.1 Å². The van der Waals surface area contributed by atoms with Crippen LogP contribution < -0.4 is 15.5 Å². The summed E-state index contributed by atoms with van der Waals surface area (Å²) in [5, 5.41) is 15.6. The number of rotatable bonds is 6. The second-order valence-corrected chi connectivity index (χ2v) is 7.99. The van der Waals surface area contributed by atoms with E-state index in [0.717, 1.165) is 49.0 Å². The van der Waals surface area contributed by atoms with E-state index in [0.29, 0.717) is 6.42 Å². The number of amides is 2. The number of nitro groups is 1. The van der Waals surface area contributed by atoms with Gasteiger partial charge in [0.1, 0.15) is 0 Å². The number of halogens is 1. The van der Waals surface area contributed by atoms with Crippen molar-refractivity contribution in [3.05, 3.63) is 99.4 Å². The van der Waals surface area contributed by atoms with Crippen molar-refractivity contribution in [2.24, 2.45) is 0 Å². The van der Waals surface area contributed by atoms with E-state index in [4.69, 9.17) is 0 Å². The number of benzene rings is 3. The van der Waals surface area contributed by atoms with Gasteiger partial charge >= 0.3 is 17.5 Å². The summed E-state index contributed by atoms with van der Waals surface area (Å²) in [6, 6.07) is 19.4. The van der Waals surface area contributed by atoms with Gasteiger partial charge in [-0.15, -0.1) is 0 Å². The maximum absolute atomic E-state index is 13.4. The number of nitrogens with zero attached hydrogens (tertiary/aromatic N) is 2. The van der Waals surface area contributed by atoms with E-state index >= 15 is 0 Å². The lowest BCUT2D eigenvalue weighted by Gasteiger charge is -2.30. The van der Waals surface area contributed by atoms with Gasteiger partial charge in [-0.1, -0.05) is 36.4 Å². The maximum atomic E-state index is 13.4. The summed E-state index contributed by atoms with van der Waals surface area (Å²) < 4.78 is 13.4. The fourth-order valence-electron chi connectivity index (χ4n) is 3.91. The van der Waals surface area contributed by atoms with E-state index < -0.39 is 28.2 Å². The summed E-state index contributed by atoms with van der Waals surface area (Å²) in [5.41, 5.74) is 4.06. The Kier molecular flexibility index (Phi) is 6.82. The summed E-state index contributed by atoms with van der Waals surface area (Å²) in [6.07, 6.45) is 1.54. The van der Waals surface area contributed by atoms with Crippen LogP contribution in [0.4, 0.5) is 21.5 Å². The highest BCUT2D eigenvalue weighted by atomic mass is 19.1. The van der Waals surface area contributed by atoms with Crippen LogP contribution in [0.25, 0.3) is 0 Å². The molecule has 2 N–H and O–H groups in total. The third-order valence-electron chi connectivity index (χ3n) is 5.74. The van der Waals surface area contributed by atoms with Gasteiger partial charge in [-0.25, -0.2) is 0 Å². The second kappa shape index (κ2) is 10.1. The molecule has 0 radical (unpaired) electrons. The van der Waals surface area contributed by atoms with E-state index in [-0.39, 0.29) is 12.2 Å². The molecule has 8 nitrogen and oxygen atoms in total. The molecule has 0 fully saturated rings. The van der Waals surface area contributed by atoms with E-state index in [1.807, 2.05) is 12.1 Å². The number of fused-ring (bicyclic) bond motifs is 1. The van der Waals surface area contributed by atoms with E-state index in [1.54, 1.807) is 0 Å². The summed E-state index contributed by atoms with van der Waals surface area (Å²) in [6.45, 7) is 2.07. The second-order valence-electron chi connectivity index (χ2n) is 7.99. The van der Waals surface area contributed by atoms with Gasteiger partial charge in [-0.05, 0) is 53.8 Å². The Hall–Kier alpha value is -4.27. The van der Waals surface area contributed by atoms with Crippen LogP contribution in [0.5, 0.6) is 0 Å². The Bertz CT molecular complexity index is 1230. The highest BCUT2D eigenvalue weighted by molar-refractivity contribution is 6.39. The molecule has 174 valence electrons. The minimum atomic E-state index is -1.02. The molecule has 9 heteroatoms. The Morgan fingerprint density at radius 3 is 2.47 bits per heavy atom. The normalized spacial score (nSPS) is 12.6. The molecule has 0 aromatic heterocycles. The first kappa shape index (κ1) is 22.9. The Morgan fingerprint density at radius 1 is 1.00 bits per heavy atom. The SMILES string of the molecule is O=C(NCCc1ccc(N2CCc3ccccc3C2)cc1)C(=O)Nc1ccc(F)c([N+](=O)[O-])c1. The van der Waals surface area contributed by atoms with Gasteiger partial charge in [0.15, 0.2) is 0 Å². The average Bonchev–Trinajstić information content (AvgIpc) is 2.85. The summed E-state index contributed by atoms with van der Waals surface area (Å²) >= 11 is 0. The van der Waals surface area contributed by atoms with Crippen LogP contribution in [0.3, 0.4) is 0 Å². The van der Waals surface area contributed by atoms with Crippen LogP contribution >= 0.6 is 0 Å². The molecular weight excluding hydrogens is 439 g/mol. The summed E-state index contributed by atoms with van der Waals surface area (Å²) in [7, 11) is 0. The van der Waals surface area contributed by atoms with Crippen LogP contribution in [0.2, 0.25) is 0 Å². The molecule has 0 saturated carbocycles. The fourth-order valence-corrected chi connectivity index (χ4v) is 3.91. The molecule has 3 aromatic carbocycles. The molecule has 0 bridgehead atoms. The quantitative estimate of drug-likeness (QED) is 0.331. The molecule has 2 amide bonds. The zero-order valence-electron chi connectivity index (χ0n) is 18.3. The molecule has 0 saturated heterocycles. The number of nitrogens with one attached hydrogen (secondary N) is 2. The third-order valence-corrected chi connectivity index (χ3v) is 5.74. The van der Waals surface area contributed by atoms with Crippen molar-refractivity contribution in [3.8, 4) is 0 Å². The first-order chi connectivity index (χ1) is 16.4. The van der Waals surface area contributed by atoms with Gasteiger partial charge in [0.2, 0.25) is 5.82 Å². The summed E-state index contributed by atoms with van der Waals surface area (Å²) in [4.78, 5) is 36.3. The Balaban J connectivity index is 1.26. The van der Waals surface area contributed by atoms with Crippen LogP contribution in [0.1, 0.15) is 16.7 Å². The number of nitro benzene ring substituents is 1. The highest BCUT2D eigenvalue weighted by Crippen LogP contribution is 2.25. The highest BCUT2D eigenvalue weighted by Gasteiger charge is 2.19. The molecule has 0 aliphatic carbocycles. The van der Waals surface area contributed by atoms with Gasteiger partial charge in [0.05, 0.1) is 4.92 Å². The lowest BCUT2D eigenvalue weighted by atomic mass is 9.99. The van der Waals surface area contributed by atoms with Gasteiger partial charge in [-0.2, -0.15) is 4.39 Å². The number of hydrogen-bond donors (Lipinski definition) is 2. The molecule has 1 aliphatic rings. The zero-order valence-corrected chi connectivity index (χ0v) is 18.3. The molecule has 3 aromatic rings. The molecule has 0 unspecified atom stereocenters. The van der Waals surface area contributed by atoms with Crippen molar-refractivity contribution < 1.29 is 18.9 Å². The molecule has 34 heavy (non-hydrogen) atoms. The molecule has 0 atom stereocenters. The number of anilines is 2. The predicted octanol–water partition coefficient (Wildman–Crippen LogP) is 3.59. The van der Waals surface area contributed by atoms with Gasteiger partial charge in [-0.3, -0.25) is 19.7 Å². The number of hydrogen-bond acceptors (Lipinski definition) is 5. The fraction of sp³-hybridized carbons (Fsp3) is 0.200. The van der Waals surface area contributed by atoms with Crippen molar-refractivity contribution >= 4 is 28.9 Å². The van der Waals surface area contributed by atoms with Crippen molar-refractivity contribution in [3.63, 3.8) is 0 Å². The largest absolute Gasteiger partial charge is 0.367 e. The lowest BCUT2D eigenvalue weighted by molar-refractivity contribution is -0.387. The zero-order chi connectivity index (χ0) is 24.1.